The second-order valence-corrected chi connectivity index (χ2v) is 12.9. The molecule has 0 saturated heterocycles. The minimum absolute atomic E-state index is 0.0769. The van der Waals surface area contributed by atoms with Crippen molar-refractivity contribution in [1.82, 2.24) is 0 Å². The number of nitrogens with one attached hydrogen (secondary N) is 2. The van der Waals surface area contributed by atoms with Crippen molar-refractivity contribution >= 4 is 17.3 Å². The Morgan fingerprint density at radius 3 is 2.52 bits per heavy atom. The molecule has 3 aliphatic carbocycles. The van der Waals surface area contributed by atoms with Crippen LogP contribution in [0.5, 0.6) is 0 Å². The molecule has 8 atom stereocenters. The molecule has 1 aromatic rings. The topological polar surface area (TPSA) is 122 Å². The third-order valence-electron chi connectivity index (χ3n) is 10.2. The first-order chi connectivity index (χ1) is 18.9. The molecule has 2 saturated carbocycles. The molecule has 8 unspecified atom stereocenters. The zero-order valence-corrected chi connectivity index (χ0v) is 24.4. The largest absolute Gasteiger partial charge is 0.595 e. The first-order valence-corrected chi connectivity index (χ1v) is 14.7. The Kier molecular flexibility index (Phi) is 9.70. The van der Waals surface area contributed by atoms with E-state index in [1.165, 1.54) is 44.1 Å². The number of allylic oxidation sites excluding steroid dienone is 4. The maximum absolute atomic E-state index is 12.5. The lowest BCUT2D eigenvalue weighted by molar-refractivity contribution is -0.996. The molecule has 3 aliphatic rings. The van der Waals surface area contributed by atoms with Crippen molar-refractivity contribution < 1.29 is 30.4 Å². The monoisotopic (exact) mass is 554 g/mol. The molecule has 4 rings (SSSR count). The SMILES string of the molecule is C=C1CCC2C(C)=CCC3C(C(C)CCC=C(C)COC(=O)c4cc([NH+]([O-])O)cc([NH+]([O-])O)c4)CCC3(C)CC12. The number of fused-ring (bicyclic) bond motifs is 2. The summed E-state index contributed by atoms with van der Waals surface area (Å²) in [6, 6.07) is 3.31. The fourth-order valence-corrected chi connectivity index (χ4v) is 7.72. The Morgan fingerprint density at radius 1 is 1.20 bits per heavy atom. The normalized spacial score (nSPS) is 30.9. The van der Waals surface area contributed by atoms with Gasteiger partial charge in [-0.2, -0.15) is 10.5 Å². The highest BCUT2D eigenvalue weighted by molar-refractivity contribution is 5.91. The van der Waals surface area contributed by atoms with Gasteiger partial charge in [0.2, 0.25) is 0 Å². The zero-order chi connectivity index (χ0) is 29.2. The summed E-state index contributed by atoms with van der Waals surface area (Å²) in [5, 5.41) is 38.5. The third kappa shape index (κ3) is 6.75. The van der Waals surface area contributed by atoms with Gasteiger partial charge in [0.05, 0.1) is 11.6 Å². The molecule has 0 heterocycles. The molecule has 8 heteroatoms. The quantitative estimate of drug-likeness (QED) is 0.185. The Hall–Kier alpha value is -2.33. The average Bonchev–Trinajstić information content (AvgIpc) is 3.43. The van der Waals surface area contributed by atoms with Crippen molar-refractivity contribution in [1.29, 1.82) is 0 Å². The molecule has 220 valence electrons. The van der Waals surface area contributed by atoms with Gasteiger partial charge in [-0.1, -0.05) is 43.7 Å². The first-order valence-electron chi connectivity index (χ1n) is 14.7. The molecule has 4 N–H and O–H groups in total. The number of carbonyl (C=O) groups is 1. The lowest BCUT2D eigenvalue weighted by atomic mass is 9.64. The van der Waals surface area contributed by atoms with Crippen LogP contribution in [0.2, 0.25) is 0 Å². The average molecular weight is 555 g/mol. The summed E-state index contributed by atoms with van der Waals surface area (Å²) in [7, 11) is 0. The van der Waals surface area contributed by atoms with E-state index in [4.69, 9.17) is 4.74 Å². The van der Waals surface area contributed by atoms with Gasteiger partial charge in [0, 0.05) is 12.1 Å². The first kappa shape index (κ1) is 30.6. The zero-order valence-electron chi connectivity index (χ0n) is 24.4. The van der Waals surface area contributed by atoms with E-state index < -0.39 is 16.4 Å². The van der Waals surface area contributed by atoms with Crippen molar-refractivity contribution in [2.24, 2.45) is 35.0 Å². The van der Waals surface area contributed by atoms with Crippen LogP contribution in [0.3, 0.4) is 0 Å². The number of benzene rings is 1. The number of esters is 1. The maximum atomic E-state index is 12.5. The maximum Gasteiger partial charge on any atom is 0.338 e. The molecule has 0 bridgehead atoms. The van der Waals surface area contributed by atoms with Crippen molar-refractivity contribution in [2.75, 3.05) is 6.61 Å². The van der Waals surface area contributed by atoms with Crippen molar-refractivity contribution in [2.45, 2.75) is 79.1 Å². The predicted octanol–water partition coefficient (Wildman–Crippen LogP) is 5.37. The van der Waals surface area contributed by atoms with Crippen LogP contribution in [-0.2, 0) is 4.74 Å². The van der Waals surface area contributed by atoms with E-state index >= 15 is 0 Å². The number of hydrogen-bond acceptors (Lipinski definition) is 6. The summed E-state index contributed by atoms with van der Waals surface area (Å²) < 4.78 is 5.37. The number of quaternary nitrogens is 2. The van der Waals surface area contributed by atoms with E-state index in [1.807, 2.05) is 6.92 Å². The Morgan fingerprint density at radius 2 is 1.88 bits per heavy atom. The number of carbonyl (C=O) groups excluding carboxylic acids is 1. The van der Waals surface area contributed by atoms with E-state index in [2.05, 4.69) is 39.5 Å². The van der Waals surface area contributed by atoms with Gasteiger partial charge in [-0.15, -0.1) is 0 Å². The highest BCUT2D eigenvalue weighted by Crippen LogP contribution is 2.59. The number of rotatable bonds is 9. The van der Waals surface area contributed by atoms with Crippen LogP contribution in [0.4, 0.5) is 11.4 Å². The Labute approximate surface area is 238 Å². The fraction of sp³-hybridized carbons (Fsp3) is 0.594. The standard InChI is InChI=1S/C32H46N2O6/c1-20(19-40-31(35)24-15-25(33(36)37)17-26(16-24)34(38)39)7-6-8-21(2)28-13-14-32(5)18-29-23(4)9-11-27(29)22(3)10-12-30(28)32/h7,10,15-17,21,27-30,33-34,36,38H,4,6,8-9,11-14,18-19H2,1-3,5H3. The van der Waals surface area contributed by atoms with Gasteiger partial charge >= 0.3 is 5.97 Å². The van der Waals surface area contributed by atoms with Gasteiger partial charge in [0.25, 0.3) is 0 Å². The lowest BCUT2D eigenvalue weighted by Gasteiger charge is -2.41. The summed E-state index contributed by atoms with van der Waals surface area (Å²) in [5.74, 6) is 2.61. The molecule has 0 spiro atoms. The van der Waals surface area contributed by atoms with Gasteiger partial charge in [-0.25, -0.2) is 15.2 Å². The van der Waals surface area contributed by atoms with Gasteiger partial charge in [-0.05, 0) is 106 Å². The molecule has 0 radical (unpaired) electrons. The molecule has 0 aromatic heterocycles. The van der Waals surface area contributed by atoms with Crippen LogP contribution in [0.25, 0.3) is 0 Å². The van der Waals surface area contributed by atoms with Crippen LogP contribution >= 0.6 is 0 Å². The van der Waals surface area contributed by atoms with Crippen LogP contribution in [0.1, 0.15) is 89.4 Å². The van der Waals surface area contributed by atoms with E-state index in [0.717, 1.165) is 36.6 Å². The van der Waals surface area contributed by atoms with Crippen LogP contribution in [0, 0.1) is 45.4 Å². The molecular weight excluding hydrogens is 508 g/mol. The van der Waals surface area contributed by atoms with Gasteiger partial charge in [-0.3, -0.25) is 0 Å². The van der Waals surface area contributed by atoms with E-state index in [-0.39, 0.29) is 23.5 Å². The molecule has 2 fully saturated rings. The van der Waals surface area contributed by atoms with E-state index in [9.17, 15) is 25.6 Å². The van der Waals surface area contributed by atoms with Crippen molar-refractivity contribution in [3.05, 3.63) is 69.6 Å². The second kappa shape index (κ2) is 12.7. The summed E-state index contributed by atoms with van der Waals surface area (Å²) >= 11 is 0. The minimum atomic E-state index is -1.30. The van der Waals surface area contributed by atoms with Gasteiger partial charge < -0.3 is 15.2 Å². The fourth-order valence-electron chi connectivity index (χ4n) is 7.72. The lowest BCUT2D eigenvalue weighted by Crippen LogP contribution is -3.00. The molecule has 1 aromatic carbocycles. The van der Waals surface area contributed by atoms with Crippen LogP contribution in [-0.4, -0.2) is 23.0 Å². The molecule has 0 aliphatic heterocycles. The van der Waals surface area contributed by atoms with Crippen LogP contribution < -0.4 is 10.5 Å². The molecule has 0 amide bonds. The van der Waals surface area contributed by atoms with E-state index in [1.54, 1.807) is 5.57 Å². The Balaban J connectivity index is 1.32. The Bertz CT molecular complexity index is 1130. The smallest absolute Gasteiger partial charge is 0.338 e. The van der Waals surface area contributed by atoms with Crippen LogP contribution in [0.15, 0.2) is 53.6 Å². The second-order valence-electron chi connectivity index (χ2n) is 12.9. The highest BCUT2D eigenvalue weighted by Gasteiger charge is 2.49. The summed E-state index contributed by atoms with van der Waals surface area (Å²) in [6.07, 6.45) is 14.1. The summed E-state index contributed by atoms with van der Waals surface area (Å²) in [6.45, 7) is 13.7. The minimum Gasteiger partial charge on any atom is -0.595 e. The summed E-state index contributed by atoms with van der Waals surface area (Å²) in [5.41, 5.74) is 3.72. The molecule has 40 heavy (non-hydrogen) atoms. The predicted molar refractivity (Wildman–Crippen MR) is 153 cm³/mol. The molecule has 8 nitrogen and oxygen atoms in total. The highest BCUT2D eigenvalue weighted by atomic mass is 16.8. The summed E-state index contributed by atoms with van der Waals surface area (Å²) in [4.78, 5) is 12.5. The van der Waals surface area contributed by atoms with Gasteiger partial charge in [0.15, 0.2) is 11.4 Å². The number of hydrogen-bond donors (Lipinski definition) is 4. The third-order valence-corrected chi connectivity index (χ3v) is 10.2. The van der Waals surface area contributed by atoms with E-state index in [0.29, 0.717) is 35.0 Å². The number of ether oxygens (including phenoxy) is 1. The molecular formula is C32H46N2O6. The van der Waals surface area contributed by atoms with Crippen molar-refractivity contribution in [3.63, 3.8) is 0 Å². The van der Waals surface area contributed by atoms with Crippen molar-refractivity contribution in [3.8, 4) is 0 Å². The van der Waals surface area contributed by atoms with Gasteiger partial charge in [0.1, 0.15) is 6.61 Å².